The van der Waals surface area contributed by atoms with Gasteiger partial charge in [-0.2, -0.15) is 15.2 Å². The summed E-state index contributed by atoms with van der Waals surface area (Å²) in [5, 5.41) is 30.0. The number of nitrogens with zero attached hydrogens (tertiary/aromatic N) is 3. The van der Waals surface area contributed by atoms with Crippen LogP contribution in [0.1, 0.15) is 47.3 Å². The number of carboxylic acids is 1. The Morgan fingerprint density at radius 1 is 1.21 bits per heavy atom. The second-order valence-corrected chi connectivity index (χ2v) is 9.89. The van der Waals surface area contributed by atoms with Crippen LogP contribution in [0.2, 0.25) is 0 Å². The van der Waals surface area contributed by atoms with Gasteiger partial charge in [-0.25, -0.2) is 4.79 Å². The van der Waals surface area contributed by atoms with Crippen molar-refractivity contribution in [1.82, 2.24) is 0 Å². The fourth-order valence-corrected chi connectivity index (χ4v) is 5.64. The predicted molar refractivity (Wildman–Crippen MR) is 134 cm³/mol. The molecular formula is C25H24N4O4S. The van der Waals surface area contributed by atoms with Gasteiger partial charge >= 0.3 is 11.9 Å². The highest BCUT2D eigenvalue weighted by Crippen LogP contribution is 2.48. The molecule has 0 radical (unpaired) electrons. The number of aromatic hydroxyl groups is 1. The number of aliphatic carboxylic acids is 1. The van der Waals surface area contributed by atoms with Crippen LogP contribution in [0, 0.1) is 6.92 Å². The van der Waals surface area contributed by atoms with E-state index in [1.807, 2.05) is 25.1 Å². The predicted octanol–water partition coefficient (Wildman–Crippen LogP) is 4.53. The number of anilines is 2. The number of carboxylic acid groups (broad SMARTS) is 1. The van der Waals surface area contributed by atoms with Gasteiger partial charge < -0.3 is 10.2 Å². The molecular weight excluding hydrogens is 452 g/mol. The number of allylic oxidation sites excluding steroid dienone is 1. The molecule has 2 aromatic rings. The van der Waals surface area contributed by atoms with Crippen LogP contribution < -0.4 is 10.4 Å². The summed E-state index contributed by atoms with van der Waals surface area (Å²) in [6.45, 7) is 3.61. The zero-order valence-electron chi connectivity index (χ0n) is 18.8. The van der Waals surface area contributed by atoms with Crippen molar-refractivity contribution in [3.8, 4) is 5.75 Å². The molecule has 174 valence electrons. The van der Waals surface area contributed by atoms with E-state index in [0.29, 0.717) is 23.4 Å². The molecule has 8 nitrogen and oxygen atoms in total. The van der Waals surface area contributed by atoms with Crippen molar-refractivity contribution in [3.63, 3.8) is 0 Å². The zero-order valence-corrected chi connectivity index (χ0v) is 19.6. The van der Waals surface area contributed by atoms with Crippen molar-refractivity contribution in [2.24, 2.45) is 10.2 Å². The Morgan fingerprint density at radius 2 is 2.00 bits per heavy atom. The fraction of sp³-hybridized carbons (Fsp3) is 0.280. The maximum Gasteiger partial charge on any atom is 0.341 e. The van der Waals surface area contributed by atoms with Crippen molar-refractivity contribution in [2.45, 2.75) is 44.8 Å². The van der Waals surface area contributed by atoms with Crippen LogP contribution in [0.5, 0.6) is 5.75 Å². The molecule has 1 amide bonds. The summed E-state index contributed by atoms with van der Waals surface area (Å²) in [6, 6.07) is 9.56. The summed E-state index contributed by atoms with van der Waals surface area (Å²) in [5.74, 6) is -1.31. The first-order chi connectivity index (χ1) is 16.3. The second kappa shape index (κ2) is 8.64. The minimum absolute atomic E-state index is 0.0111. The number of nitrogens with one attached hydrogen (secondary N) is 1. The highest BCUT2D eigenvalue weighted by Gasteiger charge is 2.32. The molecule has 0 saturated heterocycles. The Hall–Kier alpha value is -3.59. The first-order valence-corrected chi connectivity index (χ1v) is 12.0. The number of fused-ring (bicyclic) bond motifs is 1. The first-order valence-electron chi connectivity index (χ1n) is 11.1. The van der Waals surface area contributed by atoms with Crippen LogP contribution >= 0.6 is 11.8 Å². The van der Waals surface area contributed by atoms with Crippen LogP contribution in [0.4, 0.5) is 11.4 Å². The molecule has 1 aliphatic carbocycles. The van der Waals surface area contributed by atoms with E-state index in [0.717, 1.165) is 30.5 Å². The molecule has 34 heavy (non-hydrogen) atoms. The third-order valence-corrected chi connectivity index (χ3v) is 7.56. The largest absolute Gasteiger partial charge is 0.505 e. The molecule has 2 aromatic carbocycles. The van der Waals surface area contributed by atoms with Crippen LogP contribution in [0.15, 0.2) is 51.5 Å². The number of hydrogen-bond donors (Lipinski definition) is 3. The monoisotopic (exact) mass is 476 g/mol. The van der Waals surface area contributed by atoms with Gasteiger partial charge in [0, 0.05) is 10.8 Å². The summed E-state index contributed by atoms with van der Waals surface area (Å²) in [7, 11) is 0. The average molecular weight is 477 g/mol. The second-order valence-electron chi connectivity index (χ2n) is 8.65. The van der Waals surface area contributed by atoms with E-state index in [-0.39, 0.29) is 27.5 Å². The lowest BCUT2D eigenvalue weighted by Gasteiger charge is -2.16. The Balaban J connectivity index is 1.37. The molecule has 9 heteroatoms. The molecule has 3 aliphatic rings. The van der Waals surface area contributed by atoms with Gasteiger partial charge in [0.2, 0.25) is 0 Å². The van der Waals surface area contributed by atoms with Crippen LogP contribution in [0.25, 0.3) is 0 Å². The van der Waals surface area contributed by atoms with E-state index < -0.39 is 5.97 Å². The topological polar surface area (TPSA) is 115 Å². The first kappa shape index (κ1) is 22.2. The molecule has 0 bridgehead atoms. The molecule has 5 rings (SSSR count). The van der Waals surface area contributed by atoms with Crippen molar-refractivity contribution in [1.29, 1.82) is 0 Å². The normalized spacial score (nSPS) is 20.5. The molecule has 0 fully saturated rings. The number of amides is 1. The number of aryl methyl sites for hydroxylation is 3. The van der Waals surface area contributed by atoms with Gasteiger partial charge in [0.05, 0.1) is 22.0 Å². The van der Waals surface area contributed by atoms with Crippen molar-refractivity contribution in [3.05, 3.63) is 63.6 Å². The van der Waals surface area contributed by atoms with E-state index in [1.165, 1.54) is 27.9 Å². The van der Waals surface area contributed by atoms with Gasteiger partial charge in [-0.05, 0) is 74.4 Å². The van der Waals surface area contributed by atoms with Crippen molar-refractivity contribution >= 4 is 46.4 Å². The van der Waals surface area contributed by atoms with Gasteiger partial charge in [0.1, 0.15) is 5.75 Å². The van der Waals surface area contributed by atoms with Crippen molar-refractivity contribution < 1.29 is 19.8 Å². The third kappa shape index (κ3) is 3.96. The van der Waals surface area contributed by atoms with E-state index in [4.69, 9.17) is 0 Å². The molecule has 0 spiro atoms. The number of hydrazone groups is 2. The maximum absolute atomic E-state index is 13.1. The van der Waals surface area contributed by atoms with Gasteiger partial charge in [-0.3, -0.25) is 10.2 Å². The quantitative estimate of drug-likeness (QED) is 0.432. The number of hydrogen-bond acceptors (Lipinski definition) is 7. The van der Waals surface area contributed by atoms with Gasteiger partial charge in [0.25, 0.3) is 0 Å². The van der Waals surface area contributed by atoms with Gasteiger partial charge in [-0.1, -0.05) is 18.2 Å². The average Bonchev–Trinajstić information content (AvgIpc) is 3.53. The summed E-state index contributed by atoms with van der Waals surface area (Å²) in [4.78, 5) is 24.6. The standard InChI is InChI=1S/C25H24N4O4S/c1-13-10-18(20-8-9-21(34-20)25(32)33)23(30)19(11-13)26-27-22-14(2)28-29(24(22)31)17-7-6-15-4-3-5-16(15)12-17/h6-7,9-12,20,26,30H,3-5,8H2,1-2H3,(H,32,33)/b27-22-. The highest BCUT2D eigenvalue weighted by molar-refractivity contribution is 8.04. The molecule has 2 heterocycles. The van der Waals surface area contributed by atoms with E-state index in [1.54, 1.807) is 19.1 Å². The number of phenolic OH excluding ortho intramolecular Hbond substituents is 1. The number of carbonyl (C=O) groups is 2. The number of phenols is 1. The molecule has 1 atom stereocenters. The lowest BCUT2D eigenvalue weighted by Crippen LogP contribution is -2.28. The Morgan fingerprint density at radius 3 is 2.76 bits per heavy atom. The number of benzene rings is 2. The summed E-state index contributed by atoms with van der Waals surface area (Å²) in [5.41, 5.74) is 8.64. The molecule has 1 unspecified atom stereocenters. The minimum Gasteiger partial charge on any atom is -0.505 e. The van der Waals surface area contributed by atoms with Crippen LogP contribution in [-0.4, -0.2) is 33.5 Å². The number of carbonyl (C=O) groups excluding carboxylic acids is 1. The van der Waals surface area contributed by atoms with E-state index >= 15 is 0 Å². The lowest BCUT2D eigenvalue weighted by molar-refractivity contribution is -0.131. The van der Waals surface area contributed by atoms with E-state index in [2.05, 4.69) is 21.7 Å². The van der Waals surface area contributed by atoms with Crippen molar-refractivity contribution in [2.75, 3.05) is 10.4 Å². The van der Waals surface area contributed by atoms with E-state index in [9.17, 15) is 19.8 Å². The number of thioether (sulfide) groups is 1. The maximum atomic E-state index is 13.1. The Labute approximate surface area is 201 Å². The van der Waals surface area contributed by atoms with Crippen LogP contribution in [0.3, 0.4) is 0 Å². The summed E-state index contributed by atoms with van der Waals surface area (Å²) >= 11 is 1.21. The third-order valence-electron chi connectivity index (χ3n) is 6.23. The minimum atomic E-state index is -0.966. The van der Waals surface area contributed by atoms with Gasteiger partial charge in [-0.15, -0.1) is 11.8 Å². The Kier molecular flexibility index (Phi) is 5.65. The fourth-order valence-electron chi connectivity index (χ4n) is 4.54. The molecule has 0 saturated carbocycles. The molecule has 0 aromatic heterocycles. The SMILES string of the molecule is CC1=NN(c2ccc3c(c2)CCC3)C(=O)/C1=N\Nc1cc(C)cc(C2CC=C(C(=O)O)S2)c1O. The summed E-state index contributed by atoms with van der Waals surface area (Å²) < 4.78 is 0. The number of rotatable bonds is 5. The lowest BCUT2D eigenvalue weighted by atomic mass is 10.0. The Bertz CT molecular complexity index is 1310. The molecule has 3 N–H and O–H groups in total. The summed E-state index contributed by atoms with van der Waals surface area (Å²) in [6.07, 6.45) is 5.38. The smallest absolute Gasteiger partial charge is 0.341 e. The van der Waals surface area contributed by atoms with Crippen LogP contribution in [-0.2, 0) is 22.4 Å². The van der Waals surface area contributed by atoms with Gasteiger partial charge in [0.15, 0.2) is 5.71 Å². The zero-order chi connectivity index (χ0) is 24.0. The molecule has 2 aliphatic heterocycles. The highest BCUT2D eigenvalue weighted by atomic mass is 32.2.